The van der Waals surface area contributed by atoms with Crippen LogP contribution in [0.25, 0.3) is 31.3 Å². The SMILES string of the molecule is COc1ccc(COCCC(C)OC2OC(CO[Si](C)(C)C(C)(C)C)C(OC(=O)CCCN=[N+]=[N-])C(OC(=O)CCCN=[N+]=[N-])C2OC(=O)CCCN=[N+]=[N-])cc1. The second kappa shape index (κ2) is 25.6. The molecule has 1 aromatic rings. The third-order valence-corrected chi connectivity index (χ3v) is 13.9. The van der Waals surface area contributed by atoms with Gasteiger partial charge in [0.15, 0.2) is 32.9 Å². The zero-order valence-electron chi connectivity index (χ0n) is 34.0. The van der Waals surface area contributed by atoms with Crippen molar-refractivity contribution in [2.75, 3.05) is 40.0 Å². The molecule has 21 heteroatoms. The number of carbonyl (C=O) groups excluding carboxylic acids is 3. The molecule has 1 aliphatic heterocycles. The van der Waals surface area contributed by atoms with E-state index in [2.05, 4.69) is 50.8 Å². The van der Waals surface area contributed by atoms with Crippen LogP contribution in [0.2, 0.25) is 18.1 Å². The highest BCUT2D eigenvalue weighted by Gasteiger charge is 2.54. The van der Waals surface area contributed by atoms with Gasteiger partial charge in [-0.15, -0.1) is 0 Å². The van der Waals surface area contributed by atoms with Gasteiger partial charge in [0.05, 0.1) is 26.4 Å². The van der Waals surface area contributed by atoms with Gasteiger partial charge < -0.3 is 37.6 Å². The van der Waals surface area contributed by atoms with Gasteiger partial charge in [0.25, 0.3) is 0 Å². The van der Waals surface area contributed by atoms with Gasteiger partial charge in [0.2, 0.25) is 0 Å². The number of ether oxygens (including phenoxy) is 7. The molecular formula is C36H57N9O11Si. The molecule has 0 bridgehead atoms. The Morgan fingerprint density at radius 2 is 1.30 bits per heavy atom. The maximum absolute atomic E-state index is 13.4. The quantitative estimate of drug-likeness (QED) is 0.0166. The summed E-state index contributed by atoms with van der Waals surface area (Å²) in [6.07, 6.45) is -6.75. The molecule has 316 valence electrons. The van der Waals surface area contributed by atoms with Crippen molar-refractivity contribution in [3.8, 4) is 5.75 Å². The van der Waals surface area contributed by atoms with E-state index in [1.807, 2.05) is 37.4 Å². The number of benzene rings is 1. The Bertz CT molecular complexity index is 1560. The van der Waals surface area contributed by atoms with Crippen molar-refractivity contribution >= 4 is 26.2 Å². The number of methoxy groups -OCH3 is 1. The van der Waals surface area contributed by atoms with Crippen molar-refractivity contribution in [2.24, 2.45) is 15.3 Å². The van der Waals surface area contributed by atoms with Crippen LogP contribution in [0, 0.1) is 0 Å². The van der Waals surface area contributed by atoms with Gasteiger partial charge in [0.1, 0.15) is 11.9 Å². The fourth-order valence-corrected chi connectivity index (χ4v) is 6.15. The fraction of sp³-hybridized carbons (Fsp3) is 0.750. The van der Waals surface area contributed by atoms with Gasteiger partial charge in [-0.3, -0.25) is 14.4 Å². The molecule has 20 nitrogen and oxygen atoms in total. The largest absolute Gasteiger partial charge is 0.497 e. The summed E-state index contributed by atoms with van der Waals surface area (Å²) >= 11 is 0. The van der Waals surface area contributed by atoms with Crippen LogP contribution in [0.4, 0.5) is 0 Å². The normalized spacial score (nSPS) is 19.8. The van der Waals surface area contributed by atoms with E-state index in [4.69, 9.17) is 54.2 Å². The van der Waals surface area contributed by atoms with Gasteiger partial charge in [0, 0.05) is 60.2 Å². The summed E-state index contributed by atoms with van der Waals surface area (Å²) < 4.78 is 48.4. The van der Waals surface area contributed by atoms with Crippen LogP contribution in [0.1, 0.15) is 78.2 Å². The summed E-state index contributed by atoms with van der Waals surface area (Å²) in [7, 11) is -0.850. The first-order valence-corrected chi connectivity index (χ1v) is 21.8. The molecule has 0 radical (unpaired) electrons. The van der Waals surface area contributed by atoms with Crippen LogP contribution in [0.5, 0.6) is 5.75 Å². The highest BCUT2D eigenvalue weighted by molar-refractivity contribution is 6.74. The lowest BCUT2D eigenvalue weighted by atomic mass is 9.97. The van der Waals surface area contributed by atoms with Crippen molar-refractivity contribution < 1.29 is 52.0 Å². The van der Waals surface area contributed by atoms with Crippen LogP contribution in [0.3, 0.4) is 0 Å². The van der Waals surface area contributed by atoms with Crippen molar-refractivity contribution in [3.05, 3.63) is 61.2 Å². The molecule has 1 aromatic carbocycles. The third kappa shape index (κ3) is 18.0. The highest BCUT2D eigenvalue weighted by Crippen LogP contribution is 2.38. The Kier molecular flexibility index (Phi) is 21.8. The van der Waals surface area contributed by atoms with Gasteiger partial charge in [-0.05, 0) is 85.0 Å². The number of azide groups is 3. The van der Waals surface area contributed by atoms with Crippen molar-refractivity contribution in [1.29, 1.82) is 0 Å². The third-order valence-electron chi connectivity index (χ3n) is 9.38. The highest BCUT2D eigenvalue weighted by atomic mass is 28.4. The molecule has 0 spiro atoms. The molecule has 0 saturated carbocycles. The smallest absolute Gasteiger partial charge is 0.306 e. The second-order valence-corrected chi connectivity index (χ2v) is 19.6. The first-order chi connectivity index (χ1) is 27.1. The van der Waals surface area contributed by atoms with E-state index in [9.17, 15) is 14.4 Å². The summed E-state index contributed by atoms with van der Waals surface area (Å²) in [6, 6.07) is 7.47. The topological polar surface area (TPSA) is 271 Å². The summed E-state index contributed by atoms with van der Waals surface area (Å²) in [5, 5.41) is 10.2. The monoisotopic (exact) mass is 819 g/mol. The molecule has 0 aliphatic carbocycles. The number of rotatable bonds is 26. The molecule has 57 heavy (non-hydrogen) atoms. The standard InChI is InChI=1S/C36H57N9O11Si/c1-25(18-22-50-23-26-14-16-27(49-5)17-15-26)52-35-34(56-31(48)13-10-21-42-45-39)33(55-30(47)12-9-20-41-44-38)32(54-29(46)11-8-19-40-43-37)28(53-35)24-51-57(6,7)36(2,3)4/h14-17,25,28,32-35H,8-13,18-24H2,1-7H3. The molecule has 6 atom stereocenters. The Morgan fingerprint density at radius 3 is 1.77 bits per heavy atom. The average Bonchev–Trinajstić information content (AvgIpc) is 3.16. The lowest BCUT2D eigenvalue weighted by Crippen LogP contribution is -2.64. The molecular weight excluding hydrogens is 763 g/mol. The van der Waals surface area contributed by atoms with E-state index in [0.717, 1.165) is 11.3 Å². The van der Waals surface area contributed by atoms with Crippen LogP contribution < -0.4 is 4.74 Å². The molecule has 1 fully saturated rings. The first kappa shape index (κ1) is 48.6. The van der Waals surface area contributed by atoms with Crippen LogP contribution >= 0.6 is 0 Å². The molecule has 0 amide bonds. The van der Waals surface area contributed by atoms with Crippen LogP contribution in [-0.4, -0.2) is 103 Å². The molecule has 2 rings (SSSR count). The van der Waals surface area contributed by atoms with E-state index < -0.39 is 63.0 Å². The second-order valence-electron chi connectivity index (χ2n) is 14.8. The van der Waals surface area contributed by atoms with Crippen LogP contribution in [-0.2, 0) is 53.8 Å². The summed E-state index contributed by atoms with van der Waals surface area (Å²) in [5.74, 6) is -1.46. The number of hydrogen-bond acceptors (Lipinski definition) is 14. The lowest BCUT2D eigenvalue weighted by molar-refractivity contribution is -0.316. The zero-order valence-corrected chi connectivity index (χ0v) is 35.0. The van der Waals surface area contributed by atoms with Gasteiger partial charge in [-0.1, -0.05) is 48.2 Å². The summed E-state index contributed by atoms with van der Waals surface area (Å²) in [6.45, 7) is 12.7. The first-order valence-electron chi connectivity index (χ1n) is 18.9. The maximum Gasteiger partial charge on any atom is 0.306 e. The minimum atomic E-state index is -2.44. The van der Waals surface area contributed by atoms with E-state index in [-0.39, 0.29) is 69.8 Å². The van der Waals surface area contributed by atoms with E-state index in [1.165, 1.54) is 0 Å². The lowest BCUT2D eigenvalue weighted by Gasteiger charge is -2.46. The molecule has 1 heterocycles. The molecule has 0 aromatic heterocycles. The summed E-state index contributed by atoms with van der Waals surface area (Å²) in [5.41, 5.74) is 27.0. The van der Waals surface area contributed by atoms with Crippen molar-refractivity contribution in [3.63, 3.8) is 0 Å². The Hall–Kier alpha value is -4.58. The number of nitrogens with zero attached hydrogens (tertiary/aromatic N) is 9. The molecule has 1 aliphatic rings. The zero-order chi connectivity index (χ0) is 42.3. The Balaban J connectivity index is 2.49. The van der Waals surface area contributed by atoms with Gasteiger partial charge in [-0.2, -0.15) is 0 Å². The van der Waals surface area contributed by atoms with Crippen LogP contribution in [0.15, 0.2) is 39.6 Å². The summed E-state index contributed by atoms with van der Waals surface area (Å²) in [4.78, 5) is 48.1. The minimum absolute atomic E-state index is 0.0271. The molecule has 0 N–H and O–H groups in total. The van der Waals surface area contributed by atoms with Gasteiger partial charge in [-0.25, -0.2) is 0 Å². The Labute approximate surface area is 334 Å². The minimum Gasteiger partial charge on any atom is -0.497 e. The fourth-order valence-electron chi connectivity index (χ4n) is 5.14. The molecule has 6 unspecified atom stereocenters. The average molecular weight is 820 g/mol. The van der Waals surface area contributed by atoms with Crippen molar-refractivity contribution in [1.82, 2.24) is 0 Å². The predicted octanol–water partition coefficient (Wildman–Crippen LogP) is 7.76. The predicted molar refractivity (Wildman–Crippen MR) is 209 cm³/mol. The van der Waals surface area contributed by atoms with Crippen molar-refractivity contribution in [2.45, 2.75) is 134 Å². The van der Waals surface area contributed by atoms with E-state index in [0.29, 0.717) is 19.6 Å². The van der Waals surface area contributed by atoms with Gasteiger partial charge >= 0.3 is 17.9 Å². The number of esters is 3. The number of carbonyl (C=O) groups is 3. The van der Waals surface area contributed by atoms with E-state index in [1.54, 1.807) is 14.0 Å². The Morgan fingerprint density at radius 1 is 0.807 bits per heavy atom. The van der Waals surface area contributed by atoms with E-state index >= 15 is 0 Å². The molecule has 1 saturated heterocycles. The maximum atomic E-state index is 13.4. The number of hydrogen-bond donors (Lipinski definition) is 0.